The van der Waals surface area contributed by atoms with E-state index in [9.17, 15) is 5.11 Å². The van der Waals surface area contributed by atoms with Gasteiger partial charge in [0.1, 0.15) is 0 Å². The number of hydrogen-bond donors (Lipinski definition) is 1. The van der Waals surface area contributed by atoms with Crippen LogP contribution >= 0.6 is 11.6 Å². The molecule has 0 spiro atoms. The lowest BCUT2D eigenvalue weighted by Crippen LogP contribution is -1.79. The van der Waals surface area contributed by atoms with Crippen molar-refractivity contribution in [3.8, 4) is 28.7 Å². The van der Waals surface area contributed by atoms with Gasteiger partial charge in [-0.05, 0) is 24.3 Å². The Kier molecular flexibility index (Phi) is 2.97. The lowest BCUT2D eigenvalue weighted by Gasteiger charge is -1.94. The zero-order valence-corrected chi connectivity index (χ0v) is 10.6. The molecule has 1 N–H and O–H groups in total. The molecule has 3 nitrogen and oxygen atoms in total. The molecular formula is C15H10ClNO2. The first-order chi connectivity index (χ1) is 9.24. The molecule has 0 atom stereocenters. The van der Waals surface area contributed by atoms with Crippen LogP contribution in [0, 0.1) is 0 Å². The van der Waals surface area contributed by atoms with E-state index < -0.39 is 0 Å². The van der Waals surface area contributed by atoms with Crippen molar-refractivity contribution < 1.29 is 9.52 Å². The Labute approximate surface area is 115 Å². The van der Waals surface area contributed by atoms with Crippen LogP contribution in [-0.2, 0) is 0 Å². The molecule has 0 bridgehead atoms. The summed E-state index contributed by atoms with van der Waals surface area (Å²) < 4.78 is 5.30. The summed E-state index contributed by atoms with van der Waals surface area (Å²) >= 11 is 5.83. The molecule has 2 aromatic carbocycles. The average molecular weight is 272 g/mol. The molecule has 0 aliphatic heterocycles. The number of nitrogens with zero attached hydrogens (tertiary/aromatic N) is 1. The van der Waals surface area contributed by atoms with Crippen LogP contribution in [0.4, 0.5) is 0 Å². The average Bonchev–Trinajstić information content (AvgIpc) is 2.83. The van der Waals surface area contributed by atoms with Crippen molar-refractivity contribution in [2.24, 2.45) is 0 Å². The van der Waals surface area contributed by atoms with Crippen LogP contribution in [-0.4, -0.2) is 10.1 Å². The fraction of sp³-hybridized carbons (Fsp3) is 0. The van der Waals surface area contributed by atoms with Gasteiger partial charge in [-0.1, -0.05) is 41.9 Å². The quantitative estimate of drug-likeness (QED) is 0.753. The zero-order chi connectivity index (χ0) is 13.2. The molecule has 19 heavy (non-hydrogen) atoms. The standard InChI is InChI=1S/C15H10ClNO2/c16-12-8-6-11(7-9-12)14-17-13(15(18)19-14)10-4-2-1-3-5-10/h1-9,18H. The van der Waals surface area contributed by atoms with E-state index in [0.717, 1.165) is 11.1 Å². The van der Waals surface area contributed by atoms with Crippen molar-refractivity contribution in [3.05, 3.63) is 59.6 Å². The van der Waals surface area contributed by atoms with E-state index in [4.69, 9.17) is 16.0 Å². The maximum Gasteiger partial charge on any atom is 0.311 e. The molecule has 0 amide bonds. The lowest BCUT2D eigenvalue weighted by atomic mass is 10.2. The molecule has 94 valence electrons. The third kappa shape index (κ3) is 2.33. The van der Waals surface area contributed by atoms with Gasteiger partial charge < -0.3 is 9.52 Å². The Morgan fingerprint density at radius 3 is 2.26 bits per heavy atom. The number of rotatable bonds is 2. The molecule has 0 radical (unpaired) electrons. The first kappa shape index (κ1) is 11.8. The summed E-state index contributed by atoms with van der Waals surface area (Å²) in [6, 6.07) is 16.5. The third-order valence-electron chi connectivity index (χ3n) is 2.75. The minimum Gasteiger partial charge on any atom is -0.479 e. The highest BCUT2D eigenvalue weighted by atomic mass is 35.5. The van der Waals surface area contributed by atoms with Crippen LogP contribution < -0.4 is 0 Å². The maximum absolute atomic E-state index is 9.85. The van der Waals surface area contributed by atoms with Gasteiger partial charge in [-0.15, -0.1) is 0 Å². The van der Waals surface area contributed by atoms with Crippen molar-refractivity contribution >= 4 is 11.6 Å². The van der Waals surface area contributed by atoms with Crippen LogP contribution in [0.3, 0.4) is 0 Å². The van der Waals surface area contributed by atoms with Gasteiger partial charge in [-0.2, -0.15) is 0 Å². The van der Waals surface area contributed by atoms with Gasteiger partial charge in [0.05, 0.1) is 0 Å². The van der Waals surface area contributed by atoms with Crippen molar-refractivity contribution in [2.75, 3.05) is 0 Å². The fourth-order valence-corrected chi connectivity index (χ4v) is 1.94. The number of oxazole rings is 1. The monoisotopic (exact) mass is 271 g/mol. The second-order valence-electron chi connectivity index (χ2n) is 4.05. The topological polar surface area (TPSA) is 46.3 Å². The molecular weight excluding hydrogens is 262 g/mol. The molecule has 0 saturated carbocycles. The number of aromatic hydroxyl groups is 1. The van der Waals surface area contributed by atoms with Crippen LogP contribution in [0.15, 0.2) is 59.0 Å². The molecule has 0 saturated heterocycles. The minimum absolute atomic E-state index is 0.184. The zero-order valence-electron chi connectivity index (χ0n) is 9.88. The van der Waals surface area contributed by atoms with E-state index in [-0.39, 0.29) is 5.95 Å². The Hall–Kier alpha value is -2.26. The first-order valence-corrected chi connectivity index (χ1v) is 6.13. The highest BCUT2D eigenvalue weighted by Gasteiger charge is 2.15. The van der Waals surface area contributed by atoms with Crippen molar-refractivity contribution in [2.45, 2.75) is 0 Å². The van der Waals surface area contributed by atoms with E-state index in [2.05, 4.69) is 4.98 Å². The summed E-state index contributed by atoms with van der Waals surface area (Å²) in [7, 11) is 0. The summed E-state index contributed by atoms with van der Waals surface area (Å²) in [4.78, 5) is 4.32. The summed E-state index contributed by atoms with van der Waals surface area (Å²) in [5.74, 6) is 0.184. The summed E-state index contributed by atoms with van der Waals surface area (Å²) in [6.45, 7) is 0. The summed E-state index contributed by atoms with van der Waals surface area (Å²) in [5, 5.41) is 10.5. The van der Waals surface area contributed by atoms with Crippen LogP contribution in [0.5, 0.6) is 5.95 Å². The third-order valence-corrected chi connectivity index (χ3v) is 3.00. The molecule has 0 unspecified atom stereocenters. The Morgan fingerprint density at radius 1 is 0.895 bits per heavy atom. The number of halogens is 1. The normalized spacial score (nSPS) is 10.6. The van der Waals surface area contributed by atoms with Crippen molar-refractivity contribution in [3.63, 3.8) is 0 Å². The van der Waals surface area contributed by atoms with Gasteiger partial charge in [0.25, 0.3) is 0 Å². The van der Waals surface area contributed by atoms with Gasteiger partial charge in [-0.3, -0.25) is 0 Å². The SMILES string of the molecule is Oc1oc(-c2ccc(Cl)cc2)nc1-c1ccccc1. The predicted octanol–water partition coefficient (Wildman–Crippen LogP) is 4.37. The van der Waals surface area contributed by atoms with Crippen LogP contribution in [0.25, 0.3) is 22.7 Å². The van der Waals surface area contributed by atoms with Crippen LogP contribution in [0.1, 0.15) is 0 Å². The van der Waals surface area contributed by atoms with Gasteiger partial charge >= 0.3 is 5.95 Å². The van der Waals surface area contributed by atoms with E-state index in [0.29, 0.717) is 16.6 Å². The predicted molar refractivity (Wildman–Crippen MR) is 74.0 cm³/mol. The summed E-state index contributed by atoms with van der Waals surface area (Å²) in [5.41, 5.74) is 2.01. The minimum atomic E-state index is -0.184. The maximum atomic E-state index is 9.85. The fourth-order valence-electron chi connectivity index (χ4n) is 1.81. The molecule has 0 aliphatic carbocycles. The second-order valence-corrected chi connectivity index (χ2v) is 4.48. The molecule has 3 aromatic rings. The molecule has 1 aromatic heterocycles. The first-order valence-electron chi connectivity index (χ1n) is 5.75. The molecule has 1 heterocycles. The van der Waals surface area contributed by atoms with Crippen molar-refractivity contribution in [1.82, 2.24) is 4.98 Å². The molecule has 4 heteroatoms. The molecule has 0 aliphatic rings. The van der Waals surface area contributed by atoms with E-state index >= 15 is 0 Å². The smallest absolute Gasteiger partial charge is 0.311 e. The van der Waals surface area contributed by atoms with E-state index in [1.54, 1.807) is 24.3 Å². The van der Waals surface area contributed by atoms with Gasteiger partial charge in [0.15, 0.2) is 5.69 Å². The van der Waals surface area contributed by atoms with E-state index in [1.165, 1.54) is 0 Å². The number of hydrogen-bond acceptors (Lipinski definition) is 3. The number of benzene rings is 2. The Balaban J connectivity index is 2.04. The molecule has 3 rings (SSSR count). The van der Waals surface area contributed by atoms with Crippen molar-refractivity contribution in [1.29, 1.82) is 0 Å². The Bertz CT molecular complexity index is 690. The van der Waals surface area contributed by atoms with Crippen LogP contribution in [0.2, 0.25) is 5.02 Å². The van der Waals surface area contributed by atoms with E-state index in [1.807, 2.05) is 30.3 Å². The highest BCUT2D eigenvalue weighted by Crippen LogP contribution is 2.33. The Morgan fingerprint density at radius 2 is 1.58 bits per heavy atom. The van der Waals surface area contributed by atoms with Gasteiger partial charge in [0, 0.05) is 16.1 Å². The lowest BCUT2D eigenvalue weighted by molar-refractivity contribution is 0.339. The summed E-state index contributed by atoms with van der Waals surface area (Å²) in [6.07, 6.45) is 0. The van der Waals surface area contributed by atoms with Gasteiger partial charge in [0.2, 0.25) is 5.89 Å². The second kappa shape index (κ2) is 4.78. The highest BCUT2D eigenvalue weighted by molar-refractivity contribution is 6.30. The number of aromatic nitrogens is 1. The molecule has 0 fully saturated rings. The largest absolute Gasteiger partial charge is 0.479 e. The van der Waals surface area contributed by atoms with Gasteiger partial charge in [-0.25, -0.2) is 4.98 Å².